The number of H-pyrrole nitrogens is 1. The summed E-state index contributed by atoms with van der Waals surface area (Å²) in [6, 6.07) is 16.3. The number of halogens is 1. The Balaban J connectivity index is 1.43. The lowest BCUT2D eigenvalue weighted by molar-refractivity contribution is 0.0691. The van der Waals surface area contributed by atoms with E-state index in [1.165, 1.54) is 5.56 Å². The number of hydrogen-bond acceptors (Lipinski definition) is 1. The summed E-state index contributed by atoms with van der Waals surface area (Å²) in [7, 11) is 0. The first-order valence-electron chi connectivity index (χ1n) is 8.80. The minimum atomic E-state index is 0.0475. The molecule has 1 amide bonds. The second kappa shape index (κ2) is 6.93. The van der Waals surface area contributed by atoms with E-state index in [4.69, 9.17) is 11.6 Å². The molecule has 2 heterocycles. The Bertz CT molecular complexity index is 879. The Kier molecular flexibility index (Phi) is 4.50. The molecular weight excluding hydrogens is 332 g/mol. The number of fused-ring (bicyclic) bond motifs is 1. The summed E-state index contributed by atoms with van der Waals surface area (Å²) in [6.45, 7) is 1.61. The van der Waals surface area contributed by atoms with E-state index >= 15 is 0 Å². The molecule has 0 spiro atoms. The van der Waals surface area contributed by atoms with Crippen LogP contribution in [0.2, 0.25) is 5.02 Å². The van der Waals surface area contributed by atoms with Crippen LogP contribution in [0.3, 0.4) is 0 Å². The van der Waals surface area contributed by atoms with Crippen molar-refractivity contribution < 1.29 is 4.79 Å². The highest BCUT2D eigenvalue weighted by atomic mass is 35.5. The quantitative estimate of drug-likeness (QED) is 0.713. The standard InChI is InChI=1S/C21H21ClN2O/c22-19-14-20-17(6-9-23-20)13-18(19)21(25)24-10-7-16(8-11-24)12-15-4-2-1-3-5-15/h1-6,9,13-14,16,23H,7-8,10-12H2. The second-order valence-corrected chi connectivity index (χ2v) is 7.23. The first-order valence-corrected chi connectivity index (χ1v) is 9.18. The number of carbonyl (C=O) groups is 1. The molecule has 0 radical (unpaired) electrons. The highest BCUT2D eigenvalue weighted by Gasteiger charge is 2.25. The minimum absolute atomic E-state index is 0.0475. The Morgan fingerprint density at radius 1 is 1.12 bits per heavy atom. The maximum atomic E-state index is 12.9. The highest BCUT2D eigenvalue weighted by Crippen LogP contribution is 2.27. The van der Waals surface area contributed by atoms with Crippen LogP contribution in [-0.2, 0) is 6.42 Å². The number of nitrogens with zero attached hydrogens (tertiary/aromatic N) is 1. The lowest BCUT2D eigenvalue weighted by Gasteiger charge is -2.32. The lowest BCUT2D eigenvalue weighted by atomic mass is 9.90. The van der Waals surface area contributed by atoms with Gasteiger partial charge in [0.15, 0.2) is 0 Å². The van der Waals surface area contributed by atoms with E-state index in [-0.39, 0.29) is 5.91 Å². The molecule has 4 heteroatoms. The van der Waals surface area contributed by atoms with Crippen LogP contribution in [0.25, 0.3) is 10.9 Å². The number of aromatic amines is 1. The Morgan fingerprint density at radius 2 is 1.88 bits per heavy atom. The third-order valence-corrected chi connectivity index (χ3v) is 5.45. The maximum absolute atomic E-state index is 12.9. The molecule has 0 bridgehead atoms. The third kappa shape index (κ3) is 3.42. The van der Waals surface area contributed by atoms with Crippen molar-refractivity contribution in [3.05, 3.63) is 70.9 Å². The van der Waals surface area contributed by atoms with Crippen LogP contribution in [0.15, 0.2) is 54.7 Å². The molecule has 3 aromatic rings. The summed E-state index contributed by atoms with van der Waals surface area (Å²) in [5, 5.41) is 1.54. The van der Waals surface area contributed by atoms with Crippen molar-refractivity contribution in [2.24, 2.45) is 5.92 Å². The molecular formula is C21H21ClN2O. The number of aromatic nitrogens is 1. The second-order valence-electron chi connectivity index (χ2n) is 6.82. The van der Waals surface area contributed by atoms with Crippen molar-refractivity contribution in [2.45, 2.75) is 19.3 Å². The smallest absolute Gasteiger partial charge is 0.255 e. The Labute approximate surface area is 152 Å². The van der Waals surface area contributed by atoms with Crippen LogP contribution in [0.1, 0.15) is 28.8 Å². The molecule has 0 saturated carbocycles. The largest absolute Gasteiger partial charge is 0.361 e. The Hall–Kier alpha value is -2.26. The van der Waals surface area contributed by atoms with E-state index in [1.54, 1.807) is 0 Å². The van der Waals surface area contributed by atoms with Crippen LogP contribution in [0.4, 0.5) is 0 Å². The number of carbonyl (C=O) groups excluding carboxylic acids is 1. The van der Waals surface area contributed by atoms with Crippen LogP contribution >= 0.6 is 11.6 Å². The van der Waals surface area contributed by atoms with Crippen LogP contribution in [0, 0.1) is 5.92 Å². The number of amides is 1. The zero-order valence-electron chi connectivity index (χ0n) is 14.0. The molecule has 1 saturated heterocycles. The van der Waals surface area contributed by atoms with Crippen molar-refractivity contribution in [1.82, 2.24) is 9.88 Å². The molecule has 0 aliphatic carbocycles. The van der Waals surface area contributed by atoms with Gasteiger partial charge in [-0.25, -0.2) is 0 Å². The van der Waals surface area contributed by atoms with Gasteiger partial charge in [-0.3, -0.25) is 4.79 Å². The van der Waals surface area contributed by atoms with E-state index in [2.05, 4.69) is 35.3 Å². The van der Waals surface area contributed by atoms with E-state index in [1.807, 2.05) is 29.3 Å². The molecule has 1 N–H and O–H groups in total. The minimum Gasteiger partial charge on any atom is -0.361 e. The van der Waals surface area contributed by atoms with Crippen molar-refractivity contribution in [3.63, 3.8) is 0 Å². The predicted octanol–water partition coefficient (Wildman–Crippen LogP) is 4.92. The van der Waals surface area contributed by atoms with Gasteiger partial charge in [0, 0.05) is 30.2 Å². The molecule has 1 aliphatic rings. The number of benzene rings is 2. The van der Waals surface area contributed by atoms with Gasteiger partial charge in [0.05, 0.1) is 10.6 Å². The molecule has 4 rings (SSSR count). The normalized spacial score (nSPS) is 15.6. The monoisotopic (exact) mass is 352 g/mol. The van der Waals surface area contributed by atoms with Crippen molar-refractivity contribution in [1.29, 1.82) is 0 Å². The average Bonchev–Trinajstić information content (AvgIpc) is 3.09. The maximum Gasteiger partial charge on any atom is 0.255 e. The summed E-state index contributed by atoms with van der Waals surface area (Å²) >= 11 is 6.34. The van der Waals surface area contributed by atoms with Crippen LogP contribution in [0.5, 0.6) is 0 Å². The van der Waals surface area contributed by atoms with Gasteiger partial charge in [-0.1, -0.05) is 41.9 Å². The zero-order valence-corrected chi connectivity index (χ0v) is 14.8. The SMILES string of the molecule is O=C(c1cc2cc[nH]c2cc1Cl)N1CCC(Cc2ccccc2)CC1. The molecule has 3 nitrogen and oxygen atoms in total. The first kappa shape index (κ1) is 16.2. The zero-order chi connectivity index (χ0) is 17.2. The third-order valence-electron chi connectivity index (χ3n) is 5.14. The first-order chi connectivity index (χ1) is 12.2. The van der Waals surface area contributed by atoms with E-state index in [0.717, 1.165) is 43.3 Å². The van der Waals surface area contributed by atoms with Gasteiger partial charge in [-0.2, -0.15) is 0 Å². The van der Waals surface area contributed by atoms with Crippen LogP contribution in [-0.4, -0.2) is 28.9 Å². The van der Waals surface area contributed by atoms with Gasteiger partial charge >= 0.3 is 0 Å². The fourth-order valence-electron chi connectivity index (χ4n) is 3.70. The van der Waals surface area contributed by atoms with E-state index in [9.17, 15) is 4.79 Å². The van der Waals surface area contributed by atoms with Crippen molar-refractivity contribution >= 4 is 28.4 Å². The molecule has 1 fully saturated rings. The summed E-state index contributed by atoms with van der Waals surface area (Å²) in [6.07, 6.45) is 5.05. The summed E-state index contributed by atoms with van der Waals surface area (Å²) in [4.78, 5) is 18.0. The van der Waals surface area contributed by atoms with Gasteiger partial charge < -0.3 is 9.88 Å². The molecule has 128 valence electrons. The summed E-state index contributed by atoms with van der Waals surface area (Å²) in [5.74, 6) is 0.695. The molecule has 1 aromatic heterocycles. The molecule has 1 aliphatic heterocycles. The predicted molar refractivity (Wildman–Crippen MR) is 102 cm³/mol. The topological polar surface area (TPSA) is 36.1 Å². The summed E-state index contributed by atoms with van der Waals surface area (Å²) < 4.78 is 0. The van der Waals surface area contributed by atoms with Gasteiger partial charge in [-0.15, -0.1) is 0 Å². The van der Waals surface area contributed by atoms with Gasteiger partial charge in [0.2, 0.25) is 0 Å². The molecule has 0 unspecified atom stereocenters. The number of likely N-dealkylation sites (tertiary alicyclic amines) is 1. The van der Waals surface area contributed by atoms with E-state index < -0.39 is 0 Å². The van der Waals surface area contributed by atoms with E-state index in [0.29, 0.717) is 16.5 Å². The number of nitrogens with one attached hydrogen (secondary N) is 1. The molecule has 0 atom stereocenters. The van der Waals surface area contributed by atoms with Crippen molar-refractivity contribution in [3.8, 4) is 0 Å². The Morgan fingerprint density at radius 3 is 2.64 bits per heavy atom. The number of rotatable bonds is 3. The highest BCUT2D eigenvalue weighted by molar-refractivity contribution is 6.34. The van der Waals surface area contributed by atoms with Crippen LogP contribution < -0.4 is 0 Å². The fourth-order valence-corrected chi connectivity index (χ4v) is 3.94. The molecule has 2 aromatic carbocycles. The number of piperidine rings is 1. The van der Waals surface area contributed by atoms with Gasteiger partial charge in [0.25, 0.3) is 5.91 Å². The lowest BCUT2D eigenvalue weighted by Crippen LogP contribution is -2.39. The summed E-state index contributed by atoms with van der Waals surface area (Å²) in [5.41, 5.74) is 2.95. The number of hydrogen-bond donors (Lipinski definition) is 1. The fraction of sp³-hybridized carbons (Fsp3) is 0.286. The van der Waals surface area contributed by atoms with Crippen molar-refractivity contribution in [2.75, 3.05) is 13.1 Å². The average molecular weight is 353 g/mol. The molecule has 25 heavy (non-hydrogen) atoms. The van der Waals surface area contributed by atoms with Gasteiger partial charge in [-0.05, 0) is 48.9 Å². The van der Waals surface area contributed by atoms with Gasteiger partial charge in [0.1, 0.15) is 0 Å².